The van der Waals surface area contributed by atoms with Gasteiger partial charge in [0.05, 0.1) is 5.70 Å². The molecule has 1 aromatic heterocycles. The molecule has 3 rings (SSSR count). The maximum Gasteiger partial charge on any atom is 0.303 e. The van der Waals surface area contributed by atoms with Crippen LogP contribution in [0.5, 0.6) is 0 Å². The summed E-state index contributed by atoms with van der Waals surface area (Å²) >= 11 is 5.47. The Bertz CT molecular complexity index is 824. The van der Waals surface area contributed by atoms with Crippen molar-refractivity contribution in [2.45, 2.75) is 32.9 Å². The second-order valence-corrected chi connectivity index (χ2v) is 5.86. The van der Waals surface area contributed by atoms with Crippen LogP contribution in [0.4, 0.5) is 0 Å². The Morgan fingerprint density at radius 1 is 1.50 bits per heavy atom. The van der Waals surface area contributed by atoms with Crippen molar-refractivity contribution < 1.29 is 19.1 Å². The molecule has 1 atom stereocenters. The molecule has 1 aliphatic heterocycles. The number of hydrogen-bond donors (Lipinski definition) is 2. The highest BCUT2D eigenvalue weighted by Crippen LogP contribution is 2.35. The van der Waals surface area contributed by atoms with Gasteiger partial charge in [0, 0.05) is 25.5 Å². The number of fused-ring (bicyclic) bond motifs is 3. The number of Topliss-reactive ketones (excluding diaryl/α,β-unsaturated/α-hetero) is 1. The predicted octanol–water partition coefficient (Wildman–Crippen LogP) is 1.08. The van der Waals surface area contributed by atoms with Gasteiger partial charge in [-0.05, 0) is 6.92 Å². The number of aromatic nitrogens is 2. The third kappa shape index (κ3) is 2.43. The van der Waals surface area contributed by atoms with Gasteiger partial charge in [-0.1, -0.05) is 0 Å². The zero-order valence-corrected chi connectivity index (χ0v) is 13.9. The summed E-state index contributed by atoms with van der Waals surface area (Å²) in [5, 5.41) is 10.8. The molecule has 0 spiro atoms. The van der Waals surface area contributed by atoms with Gasteiger partial charge in [-0.3, -0.25) is 19.8 Å². The number of carbonyl (C=O) groups excluding carboxylic acids is 3. The molecule has 0 saturated carbocycles. The number of alkyl halides is 1. The van der Waals surface area contributed by atoms with E-state index in [-0.39, 0.29) is 34.3 Å². The lowest BCUT2D eigenvalue weighted by molar-refractivity contribution is -0.146. The molecule has 1 aromatic rings. The minimum atomic E-state index is -0.533. The van der Waals surface area contributed by atoms with Gasteiger partial charge in [0.25, 0.3) is 0 Å². The first-order chi connectivity index (χ1) is 11.3. The van der Waals surface area contributed by atoms with Crippen LogP contribution < -0.4 is 5.32 Å². The summed E-state index contributed by atoms with van der Waals surface area (Å²) < 4.78 is 6.90. The SMILES string of the molecule is CC(=O)OC1CCn2c1nc1c2C(=O)C(C)=C(NC(=O)CCl)C1=N. The number of allylic oxidation sites excluding steroid dienone is 2. The van der Waals surface area contributed by atoms with Crippen LogP contribution in [0.3, 0.4) is 0 Å². The van der Waals surface area contributed by atoms with E-state index in [4.69, 9.17) is 21.7 Å². The Labute approximate surface area is 142 Å². The molecule has 2 N–H and O–H groups in total. The molecule has 24 heavy (non-hydrogen) atoms. The van der Waals surface area contributed by atoms with Crippen molar-refractivity contribution in [3.63, 3.8) is 0 Å². The Balaban J connectivity index is 2.03. The summed E-state index contributed by atoms with van der Waals surface area (Å²) in [5.41, 5.74) is 0.793. The molecular formula is C15H15ClN4O4. The van der Waals surface area contributed by atoms with E-state index >= 15 is 0 Å². The van der Waals surface area contributed by atoms with E-state index in [0.717, 1.165) is 0 Å². The highest BCUT2D eigenvalue weighted by Gasteiger charge is 2.39. The number of hydrogen-bond acceptors (Lipinski definition) is 6. The monoisotopic (exact) mass is 350 g/mol. The summed E-state index contributed by atoms with van der Waals surface area (Å²) in [4.78, 5) is 39.8. The number of imidazole rings is 1. The van der Waals surface area contributed by atoms with E-state index in [1.54, 1.807) is 11.5 Å². The van der Waals surface area contributed by atoms with Crippen molar-refractivity contribution in [3.05, 3.63) is 28.5 Å². The van der Waals surface area contributed by atoms with Crippen molar-refractivity contribution in [3.8, 4) is 0 Å². The molecule has 2 aliphatic rings. The first-order valence-electron chi connectivity index (χ1n) is 7.33. The molecule has 2 heterocycles. The number of esters is 1. The van der Waals surface area contributed by atoms with Gasteiger partial charge in [0.2, 0.25) is 11.7 Å². The third-order valence-corrected chi connectivity index (χ3v) is 4.25. The lowest BCUT2D eigenvalue weighted by atomic mass is 9.94. The topological polar surface area (TPSA) is 114 Å². The van der Waals surface area contributed by atoms with Crippen LogP contribution in [0.1, 0.15) is 48.4 Å². The van der Waals surface area contributed by atoms with E-state index in [1.165, 1.54) is 6.92 Å². The number of carbonyl (C=O) groups is 3. The maximum atomic E-state index is 12.7. The van der Waals surface area contributed by atoms with Crippen molar-refractivity contribution in [2.24, 2.45) is 0 Å². The number of amides is 1. The first kappa shape index (κ1) is 16.4. The van der Waals surface area contributed by atoms with Crippen LogP contribution >= 0.6 is 11.6 Å². The Kier molecular flexibility index (Phi) is 4.00. The van der Waals surface area contributed by atoms with Crippen LogP contribution in [0.2, 0.25) is 0 Å². The predicted molar refractivity (Wildman–Crippen MR) is 84.1 cm³/mol. The molecule has 1 amide bonds. The molecule has 1 unspecified atom stereocenters. The van der Waals surface area contributed by atoms with Gasteiger partial charge in [-0.2, -0.15) is 0 Å². The smallest absolute Gasteiger partial charge is 0.303 e. The number of ketones is 1. The van der Waals surface area contributed by atoms with Crippen LogP contribution in [-0.2, 0) is 20.9 Å². The van der Waals surface area contributed by atoms with Crippen molar-refractivity contribution >= 4 is 35.0 Å². The average molecular weight is 351 g/mol. The van der Waals surface area contributed by atoms with Crippen LogP contribution in [0, 0.1) is 5.41 Å². The fourth-order valence-corrected chi connectivity index (χ4v) is 3.03. The van der Waals surface area contributed by atoms with Gasteiger partial charge in [-0.15, -0.1) is 11.6 Å². The summed E-state index contributed by atoms with van der Waals surface area (Å²) in [7, 11) is 0. The molecule has 0 bridgehead atoms. The van der Waals surface area contributed by atoms with E-state index in [0.29, 0.717) is 24.5 Å². The Hall–Kier alpha value is -2.48. The van der Waals surface area contributed by atoms with Gasteiger partial charge in [0.15, 0.2) is 11.9 Å². The molecule has 9 heteroatoms. The van der Waals surface area contributed by atoms with E-state index < -0.39 is 18.0 Å². The van der Waals surface area contributed by atoms with E-state index in [9.17, 15) is 14.4 Å². The number of nitrogens with zero attached hydrogens (tertiary/aromatic N) is 2. The van der Waals surface area contributed by atoms with Crippen molar-refractivity contribution in [1.29, 1.82) is 5.41 Å². The number of halogens is 1. The largest absolute Gasteiger partial charge is 0.454 e. The van der Waals surface area contributed by atoms with E-state index in [1.807, 2.05) is 0 Å². The number of rotatable bonds is 3. The van der Waals surface area contributed by atoms with Gasteiger partial charge in [0.1, 0.15) is 23.0 Å². The third-order valence-electron chi connectivity index (χ3n) is 4.01. The number of ether oxygens (including phenoxy) is 1. The quantitative estimate of drug-likeness (QED) is 0.625. The highest BCUT2D eigenvalue weighted by molar-refractivity contribution is 6.30. The van der Waals surface area contributed by atoms with Crippen molar-refractivity contribution in [2.75, 3.05) is 5.88 Å². The van der Waals surface area contributed by atoms with Crippen molar-refractivity contribution in [1.82, 2.24) is 14.9 Å². The molecule has 0 saturated heterocycles. The van der Waals surface area contributed by atoms with Crippen LogP contribution in [0.25, 0.3) is 0 Å². The first-order valence-corrected chi connectivity index (χ1v) is 7.87. The summed E-state index contributed by atoms with van der Waals surface area (Å²) in [5.74, 6) is -1.07. The van der Waals surface area contributed by atoms with Crippen LogP contribution in [-0.4, -0.2) is 38.8 Å². The Morgan fingerprint density at radius 2 is 2.21 bits per heavy atom. The maximum absolute atomic E-state index is 12.7. The minimum absolute atomic E-state index is 0.0518. The zero-order chi connectivity index (χ0) is 17.6. The van der Waals surface area contributed by atoms with E-state index in [2.05, 4.69) is 10.3 Å². The minimum Gasteiger partial charge on any atom is -0.454 e. The summed E-state index contributed by atoms with van der Waals surface area (Å²) in [6.45, 7) is 3.33. The fraction of sp³-hybridized carbons (Fsp3) is 0.400. The van der Waals surface area contributed by atoms with Crippen LogP contribution in [0.15, 0.2) is 11.3 Å². The summed E-state index contributed by atoms with van der Waals surface area (Å²) in [6.07, 6.45) is 0.00361. The average Bonchev–Trinajstić information content (AvgIpc) is 3.09. The summed E-state index contributed by atoms with van der Waals surface area (Å²) in [6, 6.07) is 0. The van der Waals surface area contributed by atoms with Gasteiger partial charge >= 0.3 is 5.97 Å². The molecule has 126 valence electrons. The second-order valence-electron chi connectivity index (χ2n) is 5.59. The number of nitrogens with one attached hydrogen (secondary N) is 2. The lowest BCUT2D eigenvalue weighted by Gasteiger charge is -2.19. The lowest BCUT2D eigenvalue weighted by Crippen LogP contribution is -2.34. The molecule has 1 aliphatic carbocycles. The molecular weight excluding hydrogens is 336 g/mol. The molecule has 8 nitrogen and oxygen atoms in total. The Morgan fingerprint density at radius 3 is 2.83 bits per heavy atom. The molecule has 0 radical (unpaired) electrons. The highest BCUT2D eigenvalue weighted by atomic mass is 35.5. The fourth-order valence-electron chi connectivity index (χ4n) is 2.96. The standard InChI is InChI=1S/C15H15ClN4O4/c1-6-11(18-9(22)5-16)10(17)12-13(14(6)23)20-4-3-8(15(20)19-12)24-7(2)21/h8,17H,3-5H2,1-2H3,(H,18,22). The molecule has 0 aromatic carbocycles. The zero-order valence-electron chi connectivity index (χ0n) is 13.1. The van der Waals surface area contributed by atoms with Gasteiger partial charge < -0.3 is 14.6 Å². The molecule has 0 fully saturated rings. The normalized spacial score (nSPS) is 19.2. The van der Waals surface area contributed by atoms with Gasteiger partial charge in [-0.25, -0.2) is 4.98 Å². The second kappa shape index (κ2) is 5.86.